The summed E-state index contributed by atoms with van der Waals surface area (Å²) in [6.45, 7) is 3.93. The average Bonchev–Trinajstić information content (AvgIpc) is 2.90. The van der Waals surface area contributed by atoms with Crippen molar-refractivity contribution in [1.29, 1.82) is 0 Å². The number of ether oxygens (including phenoxy) is 2. The summed E-state index contributed by atoms with van der Waals surface area (Å²) in [5, 5.41) is 2.86. The maximum absolute atomic E-state index is 12.4. The minimum atomic E-state index is -0.351. The Morgan fingerprint density at radius 3 is 2.96 bits per heavy atom. The summed E-state index contributed by atoms with van der Waals surface area (Å²) in [4.78, 5) is 25.0. The molecule has 3 rings (SSSR count). The lowest BCUT2D eigenvalue weighted by Crippen LogP contribution is -2.35. The molecular weight excluding hydrogens is 326 g/mol. The number of para-hydroxylation sites is 1. The Labute approximate surface area is 144 Å². The van der Waals surface area contributed by atoms with Crippen molar-refractivity contribution < 1.29 is 19.1 Å². The summed E-state index contributed by atoms with van der Waals surface area (Å²) < 4.78 is 10.7. The van der Waals surface area contributed by atoms with E-state index in [0.717, 1.165) is 28.2 Å². The molecule has 0 saturated carbocycles. The highest BCUT2D eigenvalue weighted by Crippen LogP contribution is 2.40. The van der Waals surface area contributed by atoms with Gasteiger partial charge in [0.2, 0.25) is 0 Å². The zero-order valence-corrected chi connectivity index (χ0v) is 14.4. The quantitative estimate of drug-likeness (QED) is 0.865. The second-order valence-corrected chi connectivity index (χ2v) is 6.79. The van der Waals surface area contributed by atoms with Crippen molar-refractivity contribution in [1.82, 2.24) is 5.32 Å². The van der Waals surface area contributed by atoms with Gasteiger partial charge >= 0.3 is 5.97 Å². The third-order valence-corrected chi connectivity index (χ3v) is 4.92. The molecule has 0 spiro atoms. The Kier molecular flexibility index (Phi) is 4.85. The van der Waals surface area contributed by atoms with Crippen LogP contribution < -0.4 is 10.1 Å². The van der Waals surface area contributed by atoms with E-state index in [0.29, 0.717) is 11.5 Å². The van der Waals surface area contributed by atoms with Crippen molar-refractivity contribution in [2.24, 2.45) is 0 Å². The lowest BCUT2D eigenvalue weighted by Gasteiger charge is -2.12. The summed E-state index contributed by atoms with van der Waals surface area (Å²) in [5.41, 5.74) is 2.16. The van der Waals surface area contributed by atoms with Crippen molar-refractivity contribution in [3.63, 3.8) is 0 Å². The predicted molar refractivity (Wildman–Crippen MR) is 92.5 cm³/mol. The van der Waals surface area contributed by atoms with Gasteiger partial charge < -0.3 is 14.8 Å². The molecular formula is C18H19NO4S. The second-order valence-electron chi connectivity index (χ2n) is 5.74. The Balaban J connectivity index is 1.78. The van der Waals surface area contributed by atoms with Crippen LogP contribution in [0.2, 0.25) is 0 Å². The second kappa shape index (κ2) is 7.05. The van der Waals surface area contributed by atoms with Gasteiger partial charge in [0.25, 0.3) is 5.91 Å². The summed E-state index contributed by atoms with van der Waals surface area (Å²) in [5.74, 6) is 0.356. The van der Waals surface area contributed by atoms with Crippen LogP contribution in [0.1, 0.15) is 29.1 Å². The van der Waals surface area contributed by atoms with Gasteiger partial charge in [-0.25, -0.2) is 0 Å². The molecule has 1 N–H and O–H groups in total. The van der Waals surface area contributed by atoms with Crippen LogP contribution in [-0.2, 0) is 16.0 Å². The molecule has 1 aliphatic heterocycles. The van der Waals surface area contributed by atoms with Gasteiger partial charge in [0, 0.05) is 23.8 Å². The van der Waals surface area contributed by atoms with E-state index in [1.165, 1.54) is 18.3 Å². The topological polar surface area (TPSA) is 64.6 Å². The lowest BCUT2D eigenvalue weighted by molar-refractivity contribution is -0.141. The molecule has 0 radical (unpaired) electrons. The molecule has 1 atom stereocenters. The fourth-order valence-corrected chi connectivity index (χ4v) is 3.73. The number of carbonyl (C=O) groups is 2. The van der Waals surface area contributed by atoms with Crippen molar-refractivity contribution in [2.45, 2.75) is 26.3 Å². The Morgan fingerprint density at radius 1 is 1.38 bits per heavy atom. The molecule has 0 saturated heterocycles. The average molecular weight is 345 g/mol. The first-order valence-electron chi connectivity index (χ1n) is 7.83. The zero-order valence-electron chi connectivity index (χ0n) is 13.6. The van der Waals surface area contributed by atoms with E-state index in [1.54, 1.807) is 0 Å². The number of rotatable bonds is 4. The number of hydrogen-bond donors (Lipinski definition) is 1. The number of esters is 1. The van der Waals surface area contributed by atoms with Crippen LogP contribution in [0.3, 0.4) is 0 Å². The molecule has 5 nitrogen and oxygen atoms in total. The Hall–Kier alpha value is -2.34. The highest BCUT2D eigenvalue weighted by molar-refractivity contribution is 7.17. The van der Waals surface area contributed by atoms with Crippen molar-refractivity contribution >= 4 is 23.2 Å². The lowest BCUT2D eigenvalue weighted by atomic mass is 10.1. The molecule has 1 unspecified atom stereocenters. The van der Waals surface area contributed by atoms with E-state index < -0.39 is 0 Å². The van der Waals surface area contributed by atoms with E-state index in [9.17, 15) is 9.59 Å². The van der Waals surface area contributed by atoms with Crippen molar-refractivity contribution in [3.05, 3.63) is 40.8 Å². The van der Waals surface area contributed by atoms with Crippen LogP contribution in [0.4, 0.5) is 0 Å². The van der Waals surface area contributed by atoms with Crippen LogP contribution >= 0.6 is 11.3 Å². The van der Waals surface area contributed by atoms with Gasteiger partial charge in [-0.1, -0.05) is 12.1 Å². The van der Waals surface area contributed by atoms with Gasteiger partial charge in [0.15, 0.2) is 0 Å². The number of carbonyl (C=O) groups excluding carboxylic acids is 2. The van der Waals surface area contributed by atoms with E-state index in [2.05, 4.69) is 5.32 Å². The molecule has 24 heavy (non-hydrogen) atoms. The first-order chi connectivity index (χ1) is 11.5. The minimum Gasteiger partial charge on any atom is -0.493 e. The summed E-state index contributed by atoms with van der Waals surface area (Å²) >= 11 is 1.47. The van der Waals surface area contributed by atoms with Crippen LogP contribution in [0.5, 0.6) is 5.75 Å². The van der Waals surface area contributed by atoms with Gasteiger partial charge in [-0.2, -0.15) is 0 Å². The largest absolute Gasteiger partial charge is 0.493 e. The van der Waals surface area contributed by atoms with Crippen LogP contribution in [0, 0.1) is 0 Å². The first kappa shape index (κ1) is 16.5. The molecule has 0 fully saturated rings. The molecule has 0 aliphatic carbocycles. The maximum atomic E-state index is 12.4. The standard InChI is InChI=1S/C18H19NO4S/c1-11(10-23-12(2)20)19-18(21)16-9-13-7-8-22-15-6-4-3-5-14(15)17(13)24-16/h3-6,9,11H,7-8,10H2,1-2H3,(H,19,21). The van der Waals surface area contributed by atoms with Gasteiger partial charge in [-0.3, -0.25) is 9.59 Å². The molecule has 0 bridgehead atoms. The van der Waals surface area contributed by atoms with Crippen molar-refractivity contribution in [3.8, 4) is 16.2 Å². The van der Waals surface area contributed by atoms with E-state index in [1.807, 2.05) is 37.3 Å². The SMILES string of the molecule is CC(=O)OCC(C)NC(=O)c1cc2c(s1)-c1ccccc1OCC2. The number of thiophene rings is 1. The molecule has 1 aliphatic rings. The first-order valence-corrected chi connectivity index (χ1v) is 8.65. The fraction of sp³-hybridized carbons (Fsp3) is 0.333. The number of benzene rings is 1. The summed E-state index contributed by atoms with van der Waals surface area (Å²) in [6, 6.07) is 9.57. The van der Waals surface area contributed by atoms with Gasteiger partial charge in [-0.05, 0) is 30.7 Å². The third-order valence-electron chi connectivity index (χ3n) is 3.71. The highest BCUT2D eigenvalue weighted by Gasteiger charge is 2.21. The third kappa shape index (κ3) is 3.59. The van der Waals surface area contributed by atoms with Crippen LogP contribution in [0.25, 0.3) is 10.4 Å². The van der Waals surface area contributed by atoms with Crippen LogP contribution in [-0.4, -0.2) is 31.1 Å². The number of amides is 1. The monoisotopic (exact) mass is 345 g/mol. The van der Waals surface area contributed by atoms with Gasteiger partial charge in [0.1, 0.15) is 12.4 Å². The molecule has 1 aromatic carbocycles. The molecule has 2 aromatic rings. The smallest absolute Gasteiger partial charge is 0.302 e. The summed E-state index contributed by atoms with van der Waals surface area (Å²) in [6.07, 6.45) is 0.775. The van der Waals surface area contributed by atoms with Crippen molar-refractivity contribution in [2.75, 3.05) is 13.2 Å². The predicted octanol–water partition coefficient (Wildman–Crippen LogP) is 3.03. The van der Waals surface area contributed by atoms with Crippen LogP contribution in [0.15, 0.2) is 30.3 Å². The number of hydrogen-bond acceptors (Lipinski definition) is 5. The minimum absolute atomic E-state index is 0.147. The Morgan fingerprint density at radius 2 is 2.17 bits per heavy atom. The molecule has 2 heterocycles. The Bertz CT molecular complexity index is 768. The number of nitrogens with one attached hydrogen (secondary N) is 1. The molecule has 1 amide bonds. The molecule has 6 heteroatoms. The maximum Gasteiger partial charge on any atom is 0.302 e. The van der Waals surface area contributed by atoms with E-state index >= 15 is 0 Å². The molecule has 126 valence electrons. The number of fused-ring (bicyclic) bond motifs is 3. The highest BCUT2D eigenvalue weighted by atomic mass is 32.1. The van der Waals surface area contributed by atoms with Gasteiger partial charge in [0.05, 0.1) is 17.5 Å². The van der Waals surface area contributed by atoms with E-state index in [-0.39, 0.29) is 24.5 Å². The normalized spacial score (nSPS) is 13.8. The van der Waals surface area contributed by atoms with E-state index in [4.69, 9.17) is 9.47 Å². The molecule has 1 aromatic heterocycles. The van der Waals surface area contributed by atoms with Gasteiger partial charge in [-0.15, -0.1) is 11.3 Å². The summed E-state index contributed by atoms with van der Waals surface area (Å²) in [7, 11) is 0. The fourth-order valence-electron chi connectivity index (χ4n) is 2.58. The zero-order chi connectivity index (χ0) is 17.1.